The van der Waals surface area contributed by atoms with Gasteiger partial charge in [0.05, 0.1) is 6.42 Å². The maximum atomic E-state index is 12.2. The summed E-state index contributed by atoms with van der Waals surface area (Å²) in [5, 5.41) is 18.1. The molecular formula is C22H17NO3. The number of benzene rings is 4. The van der Waals surface area contributed by atoms with Gasteiger partial charge in [-0.3, -0.25) is 9.59 Å². The molecule has 0 aliphatic carbocycles. The Hall–Kier alpha value is -3.40. The lowest BCUT2D eigenvalue weighted by Crippen LogP contribution is -2.13. The second-order valence-electron chi connectivity index (χ2n) is 6.29. The Labute approximate surface area is 150 Å². The van der Waals surface area contributed by atoms with Crippen LogP contribution in [0.15, 0.2) is 66.7 Å². The van der Waals surface area contributed by atoms with Crippen molar-refractivity contribution in [2.45, 2.75) is 12.8 Å². The number of carboxylic acid groups (broad SMARTS) is 1. The van der Waals surface area contributed by atoms with E-state index in [1.807, 2.05) is 42.5 Å². The van der Waals surface area contributed by atoms with Crippen molar-refractivity contribution in [1.29, 1.82) is 0 Å². The highest BCUT2D eigenvalue weighted by Crippen LogP contribution is 2.35. The van der Waals surface area contributed by atoms with Crippen molar-refractivity contribution < 1.29 is 14.7 Å². The van der Waals surface area contributed by atoms with Gasteiger partial charge in [0, 0.05) is 17.5 Å². The van der Waals surface area contributed by atoms with E-state index in [9.17, 15) is 9.59 Å². The van der Waals surface area contributed by atoms with Crippen molar-refractivity contribution in [3.63, 3.8) is 0 Å². The first kappa shape index (κ1) is 16.1. The largest absolute Gasteiger partial charge is 0.481 e. The second kappa shape index (κ2) is 6.48. The molecule has 4 heteroatoms. The molecule has 0 spiro atoms. The highest BCUT2D eigenvalue weighted by atomic mass is 16.4. The van der Waals surface area contributed by atoms with E-state index in [0.717, 1.165) is 32.3 Å². The molecule has 128 valence electrons. The Morgan fingerprint density at radius 3 is 2.15 bits per heavy atom. The lowest BCUT2D eigenvalue weighted by molar-refractivity contribution is -0.138. The first-order valence-corrected chi connectivity index (χ1v) is 8.48. The van der Waals surface area contributed by atoms with E-state index < -0.39 is 5.97 Å². The predicted octanol–water partition coefficient (Wildman–Crippen LogP) is 4.95. The molecule has 0 fully saturated rings. The third-order valence-electron chi connectivity index (χ3n) is 4.61. The van der Waals surface area contributed by atoms with Crippen molar-refractivity contribution in [3.05, 3.63) is 66.7 Å². The van der Waals surface area contributed by atoms with E-state index in [1.54, 1.807) is 0 Å². The van der Waals surface area contributed by atoms with Crippen LogP contribution in [0.1, 0.15) is 12.8 Å². The summed E-state index contributed by atoms with van der Waals surface area (Å²) in [6.45, 7) is 0. The molecule has 0 atom stereocenters. The van der Waals surface area contributed by atoms with Crippen molar-refractivity contribution in [2.75, 3.05) is 5.32 Å². The molecule has 0 aromatic heterocycles. The number of hydrogen-bond donors (Lipinski definition) is 2. The van der Waals surface area contributed by atoms with Gasteiger partial charge in [-0.2, -0.15) is 0 Å². The smallest absolute Gasteiger partial charge is 0.303 e. The molecule has 0 unspecified atom stereocenters. The van der Waals surface area contributed by atoms with Gasteiger partial charge in [0.1, 0.15) is 0 Å². The Morgan fingerprint density at radius 1 is 0.731 bits per heavy atom. The van der Waals surface area contributed by atoms with Gasteiger partial charge in [0.2, 0.25) is 5.91 Å². The molecule has 4 nitrogen and oxygen atoms in total. The molecule has 0 saturated heterocycles. The molecule has 0 radical (unpaired) electrons. The molecule has 0 saturated carbocycles. The van der Waals surface area contributed by atoms with Crippen LogP contribution in [-0.2, 0) is 9.59 Å². The summed E-state index contributed by atoms with van der Waals surface area (Å²) in [5.74, 6) is -1.27. The summed E-state index contributed by atoms with van der Waals surface area (Å²) in [7, 11) is 0. The normalized spacial score (nSPS) is 11.1. The van der Waals surface area contributed by atoms with Crippen LogP contribution in [0, 0.1) is 0 Å². The summed E-state index contributed by atoms with van der Waals surface area (Å²) in [4.78, 5) is 22.9. The van der Waals surface area contributed by atoms with Crippen LogP contribution in [-0.4, -0.2) is 17.0 Å². The molecule has 4 aromatic carbocycles. The molecule has 0 aliphatic rings. The fourth-order valence-electron chi connectivity index (χ4n) is 3.40. The van der Waals surface area contributed by atoms with Gasteiger partial charge in [-0.1, -0.05) is 60.7 Å². The van der Waals surface area contributed by atoms with Crippen LogP contribution in [0.2, 0.25) is 0 Å². The quantitative estimate of drug-likeness (QED) is 0.515. The lowest BCUT2D eigenvalue weighted by atomic mass is 9.96. The number of rotatable bonds is 4. The minimum absolute atomic E-state index is 0.0444. The van der Waals surface area contributed by atoms with Crippen molar-refractivity contribution in [1.82, 2.24) is 0 Å². The zero-order valence-electron chi connectivity index (χ0n) is 14.0. The zero-order chi connectivity index (χ0) is 18.1. The van der Waals surface area contributed by atoms with Gasteiger partial charge in [-0.05, 0) is 33.0 Å². The van der Waals surface area contributed by atoms with E-state index in [1.165, 1.54) is 0 Å². The van der Waals surface area contributed by atoms with Crippen molar-refractivity contribution in [2.24, 2.45) is 0 Å². The zero-order valence-corrected chi connectivity index (χ0v) is 14.0. The highest BCUT2D eigenvalue weighted by Gasteiger charge is 2.12. The van der Waals surface area contributed by atoms with Crippen LogP contribution >= 0.6 is 0 Å². The van der Waals surface area contributed by atoms with Gasteiger partial charge in [0.15, 0.2) is 0 Å². The summed E-state index contributed by atoms with van der Waals surface area (Å²) < 4.78 is 0. The standard InChI is InChI=1S/C22H17NO3/c24-21(11-12-22(25)26)23-20-13-19-15-6-2-1-5-14(15)9-10-17(19)16-7-3-4-8-18(16)20/h1-10,13H,11-12H2,(H,23,24)(H,25,26). The van der Waals surface area contributed by atoms with E-state index in [2.05, 4.69) is 29.6 Å². The average molecular weight is 343 g/mol. The van der Waals surface area contributed by atoms with Crippen LogP contribution in [0.25, 0.3) is 32.3 Å². The first-order chi connectivity index (χ1) is 12.6. The number of nitrogens with one attached hydrogen (secondary N) is 1. The fraction of sp³-hybridized carbons (Fsp3) is 0.0909. The van der Waals surface area contributed by atoms with Crippen LogP contribution in [0.5, 0.6) is 0 Å². The van der Waals surface area contributed by atoms with Gasteiger partial charge in [0.25, 0.3) is 0 Å². The number of carbonyl (C=O) groups is 2. The molecule has 2 N–H and O–H groups in total. The van der Waals surface area contributed by atoms with Crippen LogP contribution < -0.4 is 5.32 Å². The van der Waals surface area contributed by atoms with Crippen molar-refractivity contribution in [3.8, 4) is 0 Å². The monoisotopic (exact) mass is 343 g/mol. The predicted molar refractivity (Wildman–Crippen MR) is 104 cm³/mol. The molecule has 4 aromatic rings. The van der Waals surface area contributed by atoms with E-state index >= 15 is 0 Å². The number of carboxylic acids is 1. The fourth-order valence-corrected chi connectivity index (χ4v) is 3.40. The minimum atomic E-state index is -0.977. The van der Waals surface area contributed by atoms with E-state index in [0.29, 0.717) is 5.69 Å². The Morgan fingerprint density at radius 2 is 1.38 bits per heavy atom. The van der Waals surface area contributed by atoms with E-state index in [4.69, 9.17) is 5.11 Å². The van der Waals surface area contributed by atoms with Crippen LogP contribution in [0.3, 0.4) is 0 Å². The number of anilines is 1. The maximum absolute atomic E-state index is 12.2. The lowest BCUT2D eigenvalue weighted by Gasteiger charge is -2.13. The third kappa shape index (κ3) is 2.86. The molecule has 0 aliphatic heterocycles. The average Bonchev–Trinajstić information content (AvgIpc) is 2.66. The molecule has 0 bridgehead atoms. The summed E-state index contributed by atoms with van der Waals surface area (Å²) >= 11 is 0. The number of hydrogen-bond acceptors (Lipinski definition) is 2. The minimum Gasteiger partial charge on any atom is -0.481 e. The first-order valence-electron chi connectivity index (χ1n) is 8.48. The van der Waals surface area contributed by atoms with Crippen molar-refractivity contribution >= 4 is 49.9 Å². The van der Waals surface area contributed by atoms with Gasteiger partial charge in [-0.15, -0.1) is 0 Å². The molecule has 1 amide bonds. The summed E-state index contributed by atoms with van der Waals surface area (Å²) in [6, 6.07) is 22.3. The van der Waals surface area contributed by atoms with Gasteiger partial charge < -0.3 is 10.4 Å². The topological polar surface area (TPSA) is 66.4 Å². The maximum Gasteiger partial charge on any atom is 0.303 e. The number of fused-ring (bicyclic) bond motifs is 5. The number of amides is 1. The number of carbonyl (C=O) groups excluding carboxylic acids is 1. The van der Waals surface area contributed by atoms with Gasteiger partial charge >= 0.3 is 5.97 Å². The van der Waals surface area contributed by atoms with Crippen LogP contribution in [0.4, 0.5) is 5.69 Å². The number of aliphatic carboxylic acids is 1. The molecular weight excluding hydrogens is 326 g/mol. The Kier molecular flexibility index (Phi) is 4.01. The van der Waals surface area contributed by atoms with E-state index in [-0.39, 0.29) is 18.7 Å². The summed E-state index contributed by atoms with van der Waals surface area (Å²) in [6.07, 6.45) is -0.225. The Balaban J connectivity index is 1.91. The third-order valence-corrected chi connectivity index (χ3v) is 4.61. The highest BCUT2D eigenvalue weighted by molar-refractivity contribution is 6.21. The molecule has 26 heavy (non-hydrogen) atoms. The second-order valence-corrected chi connectivity index (χ2v) is 6.29. The Bertz CT molecular complexity index is 1160. The molecule has 4 rings (SSSR count). The summed E-state index contributed by atoms with van der Waals surface area (Å²) in [5.41, 5.74) is 0.708. The van der Waals surface area contributed by atoms with Gasteiger partial charge in [-0.25, -0.2) is 0 Å². The SMILES string of the molecule is O=C(O)CCC(=O)Nc1cc2c3ccccc3ccc2c2ccccc12. The molecule has 0 heterocycles.